The summed E-state index contributed by atoms with van der Waals surface area (Å²) < 4.78 is -0.734. The second kappa shape index (κ2) is 6.54. The number of β-lactam (4-membered cyclic amide) rings is 1. The van der Waals surface area contributed by atoms with Crippen LogP contribution in [0.15, 0.2) is 35.4 Å². The zero-order valence-electron chi connectivity index (χ0n) is 14.0. The fraction of sp³-hybridized carbons (Fsp3) is 0.438. The van der Waals surface area contributed by atoms with Crippen molar-refractivity contribution in [1.82, 2.24) is 10.2 Å². The summed E-state index contributed by atoms with van der Waals surface area (Å²) in [4.78, 5) is 40.3. The highest BCUT2D eigenvalue weighted by molar-refractivity contribution is 8.01. The largest absolute Gasteiger partial charge is 0.548 e. The molecule has 4 unspecified atom stereocenters. The van der Waals surface area contributed by atoms with Gasteiger partial charge in [0.15, 0.2) is 0 Å². The number of nitrogens with zero attached hydrogens (tertiary/aromatic N) is 4. The normalized spacial score (nSPS) is 26.9. The van der Waals surface area contributed by atoms with Gasteiger partial charge in [0.1, 0.15) is 17.5 Å². The van der Waals surface area contributed by atoms with Crippen molar-refractivity contribution in [2.24, 2.45) is 5.11 Å². The van der Waals surface area contributed by atoms with Gasteiger partial charge < -0.3 is 20.1 Å². The van der Waals surface area contributed by atoms with E-state index in [0.29, 0.717) is 5.56 Å². The highest BCUT2D eigenvalue weighted by Gasteiger charge is 2.62. The third kappa shape index (κ3) is 2.87. The van der Waals surface area contributed by atoms with Crippen LogP contribution in [-0.4, -0.2) is 44.9 Å². The van der Waals surface area contributed by atoms with E-state index < -0.39 is 46.0 Å². The van der Waals surface area contributed by atoms with Gasteiger partial charge in [0.2, 0.25) is 11.8 Å². The molecule has 0 aliphatic carbocycles. The molecule has 2 aliphatic rings. The Bertz CT molecular complexity index is 808. The number of carbonyl (C=O) groups is 3. The lowest BCUT2D eigenvalue weighted by Gasteiger charge is -2.45. The monoisotopic (exact) mass is 374 g/mol. The Morgan fingerprint density at radius 2 is 2.04 bits per heavy atom. The van der Waals surface area contributed by atoms with Gasteiger partial charge in [0.05, 0.1) is 12.0 Å². The lowest BCUT2D eigenvalue weighted by atomic mass is 9.95. The molecule has 1 aromatic rings. The van der Waals surface area contributed by atoms with E-state index in [0.717, 1.165) is 0 Å². The molecule has 4 atom stereocenters. The van der Waals surface area contributed by atoms with Gasteiger partial charge in [-0.3, -0.25) is 9.59 Å². The third-order valence-corrected chi connectivity index (χ3v) is 6.06. The number of nitrogens with one attached hydrogen (secondary N) is 1. The van der Waals surface area contributed by atoms with Crippen LogP contribution in [0.4, 0.5) is 0 Å². The van der Waals surface area contributed by atoms with E-state index in [-0.39, 0.29) is 0 Å². The van der Waals surface area contributed by atoms with Gasteiger partial charge in [-0.25, -0.2) is 0 Å². The lowest BCUT2D eigenvalue weighted by molar-refractivity contribution is -0.312. The maximum absolute atomic E-state index is 12.6. The summed E-state index contributed by atoms with van der Waals surface area (Å²) in [5.74, 6) is -2.41. The summed E-state index contributed by atoms with van der Waals surface area (Å²) >= 11 is 1.29. The molecule has 2 amide bonds. The first-order valence-corrected chi connectivity index (χ1v) is 8.76. The van der Waals surface area contributed by atoms with Gasteiger partial charge in [-0.05, 0) is 24.9 Å². The molecule has 0 radical (unpaired) electrons. The zero-order chi connectivity index (χ0) is 19.1. The smallest absolute Gasteiger partial charge is 0.249 e. The number of carboxylic acid groups (broad SMARTS) is 1. The molecule has 2 saturated heterocycles. The van der Waals surface area contributed by atoms with Gasteiger partial charge in [-0.2, -0.15) is 0 Å². The average molecular weight is 374 g/mol. The van der Waals surface area contributed by atoms with E-state index in [9.17, 15) is 19.5 Å². The van der Waals surface area contributed by atoms with Crippen LogP contribution in [0.5, 0.6) is 0 Å². The summed E-state index contributed by atoms with van der Waals surface area (Å²) in [6.07, 6.45) is 0. The molecule has 9 nitrogen and oxygen atoms in total. The number of thioether (sulfide) groups is 1. The second-order valence-electron chi connectivity index (χ2n) is 6.58. The Kier molecular flexibility index (Phi) is 4.55. The van der Waals surface area contributed by atoms with Crippen molar-refractivity contribution in [3.63, 3.8) is 0 Å². The molecule has 0 aromatic heterocycles. The predicted octanol–water partition coefficient (Wildman–Crippen LogP) is 0.335. The van der Waals surface area contributed by atoms with Gasteiger partial charge in [-0.1, -0.05) is 35.4 Å². The zero-order valence-corrected chi connectivity index (χ0v) is 14.8. The fourth-order valence-corrected chi connectivity index (χ4v) is 4.94. The molecule has 0 spiro atoms. The van der Waals surface area contributed by atoms with Crippen LogP contribution < -0.4 is 10.4 Å². The molecule has 136 valence electrons. The molecule has 3 rings (SSSR count). The Morgan fingerprint density at radius 3 is 2.62 bits per heavy atom. The Labute approximate surface area is 153 Å². The van der Waals surface area contributed by atoms with Crippen molar-refractivity contribution in [2.75, 3.05) is 0 Å². The molecule has 26 heavy (non-hydrogen) atoms. The number of aliphatic carboxylic acids is 1. The van der Waals surface area contributed by atoms with Crippen molar-refractivity contribution in [3.05, 3.63) is 46.3 Å². The van der Waals surface area contributed by atoms with Crippen LogP contribution in [0.25, 0.3) is 10.4 Å². The molecular weight excluding hydrogens is 358 g/mol. The standard InChI is InChI=1S/C16H17N5O4S/c1-16(2)11(15(24)25)21-13(23)10(14(21)26-16)18-12(22)9(19-20-17)8-6-4-3-5-7-8/h3-7,9-11,14H,1-2H3,(H,18,22)(H,24,25)/p-1. The minimum absolute atomic E-state index is 0.483. The van der Waals surface area contributed by atoms with Crippen LogP contribution in [0.1, 0.15) is 25.5 Å². The highest BCUT2D eigenvalue weighted by Crippen LogP contribution is 2.50. The number of hydrogen-bond donors (Lipinski definition) is 1. The summed E-state index contributed by atoms with van der Waals surface area (Å²) in [7, 11) is 0. The molecule has 2 fully saturated rings. The van der Waals surface area contributed by atoms with E-state index in [1.54, 1.807) is 44.2 Å². The van der Waals surface area contributed by atoms with Crippen LogP contribution in [0, 0.1) is 0 Å². The summed E-state index contributed by atoms with van der Waals surface area (Å²) in [5.41, 5.74) is 9.24. The number of rotatable bonds is 5. The summed E-state index contributed by atoms with van der Waals surface area (Å²) in [6.45, 7) is 3.44. The lowest BCUT2D eigenvalue weighted by Crippen LogP contribution is -2.71. The number of amides is 2. The fourth-order valence-electron chi connectivity index (χ4n) is 3.32. The number of fused-ring (bicyclic) bond motifs is 1. The molecule has 1 N–H and O–H groups in total. The Morgan fingerprint density at radius 1 is 1.38 bits per heavy atom. The minimum Gasteiger partial charge on any atom is -0.548 e. The summed E-state index contributed by atoms with van der Waals surface area (Å²) in [6, 6.07) is 5.44. The molecule has 10 heteroatoms. The van der Waals surface area contributed by atoms with Crippen LogP contribution in [0.3, 0.4) is 0 Å². The van der Waals surface area contributed by atoms with E-state index in [4.69, 9.17) is 5.53 Å². The SMILES string of the molecule is CC1(C)SC2C(NC(=O)C(N=[N+]=[N-])c3ccccc3)C(=O)N2C1C(=O)[O-]. The molecule has 2 aliphatic heterocycles. The molecule has 2 heterocycles. The molecular formula is C16H16N5O4S-. The topological polar surface area (TPSA) is 138 Å². The number of carbonyl (C=O) groups excluding carboxylic acids is 3. The van der Waals surface area contributed by atoms with Gasteiger partial charge in [0.25, 0.3) is 0 Å². The Balaban J connectivity index is 1.78. The van der Waals surface area contributed by atoms with Crippen LogP contribution in [-0.2, 0) is 14.4 Å². The van der Waals surface area contributed by atoms with E-state index in [1.165, 1.54) is 16.7 Å². The minimum atomic E-state index is -1.32. The van der Waals surface area contributed by atoms with Gasteiger partial charge >= 0.3 is 0 Å². The van der Waals surface area contributed by atoms with Crippen molar-refractivity contribution in [1.29, 1.82) is 0 Å². The first-order valence-electron chi connectivity index (χ1n) is 7.88. The van der Waals surface area contributed by atoms with Gasteiger partial charge in [-0.15, -0.1) is 11.8 Å². The number of azide groups is 1. The predicted molar refractivity (Wildman–Crippen MR) is 91.4 cm³/mol. The second-order valence-corrected chi connectivity index (χ2v) is 8.35. The Hall–Kier alpha value is -2.71. The van der Waals surface area contributed by atoms with Gasteiger partial charge in [0, 0.05) is 9.66 Å². The van der Waals surface area contributed by atoms with Crippen molar-refractivity contribution in [3.8, 4) is 0 Å². The van der Waals surface area contributed by atoms with Crippen molar-refractivity contribution < 1.29 is 19.5 Å². The number of carboxylic acids is 1. The third-order valence-electron chi connectivity index (χ3n) is 4.49. The maximum Gasteiger partial charge on any atom is 0.249 e. The first-order chi connectivity index (χ1) is 12.3. The van der Waals surface area contributed by atoms with E-state index in [1.807, 2.05) is 0 Å². The van der Waals surface area contributed by atoms with Crippen molar-refractivity contribution >= 4 is 29.5 Å². The van der Waals surface area contributed by atoms with E-state index in [2.05, 4.69) is 15.3 Å². The quantitative estimate of drug-likeness (QED) is 0.343. The molecule has 0 saturated carbocycles. The highest BCUT2D eigenvalue weighted by atomic mass is 32.2. The molecule has 0 bridgehead atoms. The number of hydrogen-bond acceptors (Lipinski definition) is 6. The maximum atomic E-state index is 12.6. The van der Waals surface area contributed by atoms with E-state index >= 15 is 0 Å². The number of benzene rings is 1. The van der Waals surface area contributed by atoms with Crippen LogP contribution >= 0.6 is 11.8 Å². The van der Waals surface area contributed by atoms with Crippen LogP contribution in [0.2, 0.25) is 0 Å². The molecule has 1 aromatic carbocycles. The summed E-state index contributed by atoms with van der Waals surface area (Å²) in [5, 5.41) is 17.0. The first kappa shape index (κ1) is 18.1. The average Bonchev–Trinajstić information content (AvgIpc) is 2.86. The van der Waals surface area contributed by atoms with Crippen molar-refractivity contribution in [2.45, 2.75) is 42.1 Å².